The van der Waals surface area contributed by atoms with Gasteiger partial charge in [-0.15, -0.1) is 0 Å². The predicted octanol–water partition coefficient (Wildman–Crippen LogP) is 0.276. The van der Waals surface area contributed by atoms with Crippen LogP contribution >= 0.6 is 0 Å². The Hall–Kier alpha value is -1.58. The molecular weight excluding hydrogens is 132 g/mol. The summed E-state index contributed by atoms with van der Waals surface area (Å²) in [7, 11) is 0. The number of amidine groups is 1. The molecule has 0 saturated heterocycles. The third kappa shape index (κ3) is 1.05. The molecule has 10 heavy (non-hydrogen) atoms. The van der Waals surface area contributed by atoms with Crippen LogP contribution in [0.2, 0.25) is 0 Å². The lowest BCUT2D eigenvalue weighted by Gasteiger charge is -1.89. The zero-order valence-corrected chi connectivity index (χ0v) is 5.15. The summed E-state index contributed by atoms with van der Waals surface area (Å²) in [6, 6.07) is -0.442. The first-order chi connectivity index (χ1) is 4.74. The molecule has 0 fully saturated rings. The van der Waals surface area contributed by atoms with Crippen LogP contribution in [0.5, 0.6) is 0 Å². The minimum absolute atomic E-state index is 0.262. The first-order valence-corrected chi connectivity index (χ1v) is 2.61. The number of aliphatic hydroxyl groups excluding tert-OH is 2. The van der Waals surface area contributed by atoms with E-state index in [1.165, 1.54) is 12.3 Å². The van der Waals surface area contributed by atoms with Crippen molar-refractivity contribution >= 4 is 12.2 Å². The summed E-state index contributed by atoms with van der Waals surface area (Å²) in [6.07, 6.45) is 2.68. The van der Waals surface area contributed by atoms with Gasteiger partial charge in [0.25, 0.3) is 0 Å². The van der Waals surface area contributed by atoms with E-state index in [4.69, 9.17) is 10.2 Å². The van der Waals surface area contributed by atoms with Crippen molar-refractivity contribution in [1.82, 2.24) is 4.99 Å². The van der Waals surface area contributed by atoms with Gasteiger partial charge >= 0.3 is 11.9 Å². The van der Waals surface area contributed by atoms with Gasteiger partial charge in [-0.2, -0.15) is 0 Å². The number of nitrogens with zero attached hydrogens (tertiary/aromatic N) is 2. The van der Waals surface area contributed by atoms with Crippen molar-refractivity contribution in [1.29, 1.82) is 0 Å². The van der Waals surface area contributed by atoms with Gasteiger partial charge in [-0.3, -0.25) is 0 Å². The molecule has 0 aliphatic carbocycles. The van der Waals surface area contributed by atoms with Gasteiger partial charge in [0.15, 0.2) is 6.21 Å². The number of hydrogen-bond acceptors (Lipinski definition) is 3. The van der Waals surface area contributed by atoms with Crippen LogP contribution < -0.4 is 4.99 Å². The summed E-state index contributed by atoms with van der Waals surface area (Å²) < 4.78 is 0. The molecule has 1 heterocycles. The predicted molar refractivity (Wildman–Crippen MR) is 38.1 cm³/mol. The standard InChI is InChI=1S/C6H6N2O2/c1-2-4-3-7-6(10)8-5(4)9/h2-3H,1H2,(H2,7,9,10)/q+1. The van der Waals surface area contributed by atoms with Crippen molar-refractivity contribution in [2.75, 3.05) is 0 Å². The lowest BCUT2D eigenvalue weighted by atomic mass is 10.3. The Morgan fingerprint density at radius 2 is 2.30 bits per heavy atom. The van der Waals surface area contributed by atoms with Crippen molar-refractivity contribution in [3.8, 4) is 0 Å². The molecule has 4 heteroatoms. The Bertz CT molecular complexity index is 250. The molecule has 0 unspecified atom stereocenters. The molecule has 0 bridgehead atoms. The highest BCUT2D eigenvalue weighted by atomic mass is 16.3. The summed E-state index contributed by atoms with van der Waals surface area (Å²) in [6.45, 7) is 3.40. The highest BCUT2D eigenvalue weighted by molar-refractivity contribution is 5.94. The van der Waals surface area contributed by atoms with E-state index in [2.05, 4.69) is 16.6 Å². The van der Waals surface area contributed by atoms with Gasteiger partial charge < -0.3 is 10.2 Å². The molecule has 1 rings (SSSR count). The van der Waals surface area contributed by atoms with Crippen molar-refractivity contribution in [2.45, 2.75) is 0 Å². The van der Waals surface area contributed by atoms with Crippen molar-refractivity contribution < 1.29 is 10.2 Å². The fourth-order valence-corrected chi connectivity index (χ4v) is 0.517. The van der Waals surface area contributed by atoms with E-state index in [0.717, 1.165) is 0 Å². The van der Waals surface area contributed by atoms with E-state index in [9.17, 15) is 0 Å². The summed E-state index contributed by atoms with van der Waals surface area (Å²) in [5.41, 5.74) is 0.401. The first-order valence-electron chi connectivity index (χ1n) is 2.61. The van der Waals surface area contributed by atoms with Crippen molar-refractivity contribution in [2.24, 2.45) is 4.99 Å². The van der Waals surface area contributed by atoms with Crippen LogP contribution in [0.15, 0.2) is 29.1 Å². The molecule has 0 aromatic carbocycles. The number of aliphatic hydroxyl groups is 2. The molecule has 51 valence electrons. The van der Waals surface area contributed by atoms with Gasteiger partial charge in [0.2, 0.25) is 0 Å². The van der Waals surface area contributed by atoms with Crippen LogP contribution in [0.1, 0.15) is 0 Å². The molecular formula is C6H6N2O2+. The average molecular weight is 138 g/mol. The maximum absolute atomic E-state index is 8.91. The van der Waals surface area contributed by atoms with E-state index in [1.807, 2.05) is 0 Å². The first kappa shape index (κ1) is 6.54. The normalized spacial score (nSPS) is 17.0. The Morgan fingerprint density at radius 1 is 1.60 bits per heavy atom. The molecule has 1 radical (unpaired) electrons. The van der Waals surface area contributed by atoms with Gasteiger partial charge in [-0.05, 0) is 4.99 Å². The molecule has 0 saturated carbocycles. The maximum Gasteiger partial charge on any atom is 0.541 e. The summed E-state index contributed by atoms with van der Waals surface area (Å²) in [5.74, 6) is -0.262. The highest BCUT2D eigenvalue weighted by Gasteiger charge is 2.17. The summed E-state index contributed by atoms with van der Waals surface area (Å²) in [4.78, 5) is 6.70. The average Bonchev–Trinajstić information content (AvgIpc) is 1.88. The largest absolute Gasteiger partial charge is 0.541 e. The molecule has 2 N–H and O–H groups in total. The molecule has 1 aliphatic heterocycles. The quantitative estimate of drug-likeness (QED) is 0.546. The molecule has 0 atom stereocenters. The van der Waals surface area contributed by atoms with Crippen LogP contribution in [0.4, 0.5) is 0 Å². The van der Waals surface area contributed by atoms with Crippen molar-refractivity contribution in [3.05, 3.63) is 24.1 Å². The number of allylic oxidation sites excluding steroid dienone is 2. The van der Waals surface area contributed by atoms with Crippen LogP contribution in [-0.2, 0) is 0 Å². The Balaban J connectivity index is 3.05. The molecule has 4 nitrogen and oxygen atoms in total. The van der Waals surface area contributed by atoms with E-state index in [-0.39, 0.29) is 5.88 Å². The summed E-state index contributed by atoms with van der Waals surface area (Å²) >= 11 is 0. The third-order valence-electron chi connectivity index (χ3n) is 1.00. The van der Waals surface area contributed by atoms with Crippen molar-refractivity contribution in [3.63, 3.8) is 0 Å². The zero-order chi connectivity index (χ0) is 7.56. The number of rotatable bonds is 1. The van der Waals surface area contributed by atoms with Gasteiger partial charge in [-0.25, -0.2) is 0 Å². The minimum atomic E-state index is -0.442. The second-order valence-electron chi connectivity index (χ2n) is 1.65. The minimum Gasteiger partial charge on any atom is -0.474 e. The van der Waals surface area contributed by atoms with Crippen LogP contribution in [0.25, 0.3) is 0 Å². The van der Waals surface area contributed by atoms with E-state index in [0.29, 0.717) is 5.57 Å². The molecule has 0 aromatic rings. The highest BCUT2D eigenvalue weighted by Crippen LogP contribution is 1.99. The van der Waals surface area contributed by atoms with Gasteiger partial charge in [0.1, 0.15) is 5.57 Å². The molecule has 0 spiro atoms. The zero-order valence-electron chi connectivity index (χ0n) is 5.15. The Labute approximate surface area is 57.6 Å². The summed E-state index contributed by atoms with van der Waals surface area (Å²) in [5, 5.41) is 17.5. The number of hydrogen-bond donors (Lipinski definition) is 2. The Kier molecular flexibility index (Phi) is 1.53. The molecule has 0 aromatic heterocycles. The smallest absolute Gasteiger partial charge is 0.474 e. The SMILES string of the molecule is C=CC1=C(O)[N+]=C(O)N=C1. The van der Waals surface area contributed by atoms with Gasteiger partial charge in [-0.1, -0.05) is 12.7 Å². The molecule has 0 amide bonds. The lowest BCUT2D eigenvalue weighted by molar-refractivity contribution is 0.381. The van der Waals surface area contributed by atoms with E-state index < -0.39 is 6.02 Å². The van der Waals surface area contributed by atoms with Crippen LogP contribution in [-0.4, -0.2) is 22.4 Å². The lowest BCUT2D eigenvalue weighted by Crippen LogP contribution is -2.11. The van der Waals surface area contributed by atoms with E-state index in [1.54, 1.807) is 0 Å². The fraction of sp³-hybridized carbons (Fsp3) is 0. The van der Waals surface area contributed by atoms with Crippen LogP contribution in [0.3, 0.4) is 0 Å². The second-order valence-corrected chi connectivity index (χ2v) is 1.65. The monoisotopic (exact) mass is 138 g/mol. The van der Waals surface area contributed by atoms with Gasteiger partial charge in [0.05, 0.1) is 0 Å². The number of aliphatic imine (C=N–C) groups is 2. The fourth-order valence-electron chi connectivity index (χ4n) is 0.517. The topological polar surface area (TPSA) is 66.9 Å². The Morgan fingerprint density at radius 3 is 2.80 bits per heavy atom. The molecule has 1 aliphatic rings. The second kappa shape index (κ2) is 2.34. The van der Waals surface area contributed by atoms with E-state index >= 15 is 0 Å². The van der Waals surface area contributed by atoms with Crippen LogP contribution in [0, 0.1) is 0 Å². The maximum atomic E-state index is 8.91. The third-order valence-corrected chi connectivity index (χ3v) is 1.00. The van der Waals surface area contributed by atoms with Gasteiger partial charge in [0, 0.05) is 4.99 Å².